The van der Waals surface area contributed by atoms with Gasteiger partial charge < -0.3 is 0 Å². The standard InChI is InChI=1S/C13H18ClNO2S2/c14-6-12-5-13(18-9-12)19(16,17)15-7-10-2-1-3-11(4-10)8-15/h5,9-11H,1-4,6-8H2. The van der Waals surface area contributed by atoms with Crippen LogP contribution in [0.3, 0.4) is 0 Å². The maximum Gasteiger partial charge on any atom is 0.252 e. The van der Waals surface area contributed by atoms with Crippen LogP contribution in [-0.4, -0.2) is 25.8 Å². The van der Waals surface area contributed by atoms with Crippen LogP contribution in [0.25, 0.3) is 0 Å². The van der Waals surface area contributed by atoms with E-state index in [0.717, 1.165) is 5.56 Å². The van der Waals surface area contributed by atoms with E-state index in [4.69, 9.17) is 11.6 Å². The molecule has 1 saturated carbocycles. The van der Waals surface area contributed by atoms with E-state index in [1.54, 1.807) is 10.4 Å². The minimum atomic E-state index is -3.30. The van der Waals surface area contributed by atoms with Crippen LogP contribution in [0.2, 0.25) is 0 Å². The summed E-state index contributed by atoms with van der Waals surface area (Å²) in [4.78, 5) is 0. The smallest absolute Gasteiger partial charge is 0.206 e. The molecule has 2 unspecified atom stereocenters. The van der Waals surface area contributed by atoms with Crippen LogP contribution < -0.4 is 0 Å². The zero-order chi connectivity index (χ0) is 13.5. The summed E-state index contributed by atoms with van der Waals surface area (Å²) < 4.78 is 27.4. The third-order valence-corrected chi connectivity index (χ3v) is 7.80. The summed E-state index contributed by atoms with van der Waals surface area (Å²) in [6, 6.07) is 1.72. The number of hydrogen-bond donors (Lipinski definition) is 0. The first kappa shape index (κ1) is 13.9. The summed E-state index contributed by atoms with van der Waals surface area (Å²) in [7, 11) is -3.30. The van der Waals surface area contributed by atoms with Crippen molar-refractivity contribution in [2.75, 3.05) is 13.1 Å². The lowest BCUT2D eigenvalue weighted by atomic mass is 9.79. The SMILES string of the molecule is O=S(=O)(c1cc(CCl)cs1)N1CC2CCCC(C2)C1. The Morgan fingerprint density at radius 2 is 2.00 bits per heavy atom. The highest BCUT2D eigenvalue weighted by Crippen LogP contribution is 2.37. The van der Waals surface area contributed by atoms with Gasteiger partial charge in [-0.1, -0.05) is 6.42 Å². The van der Waals surface area contributed by atoms with Gasteiger partial charge in [-0.2, -0.15) is 4.31 Å². The summed E-state index contributed by atoms with van der Waals surface area (Å²) in [6.07, 6.45) is 4.84. The van der Waals surface area contributed by atoms with Gasteiger partial charge in [0.15, 0.2) is 0 Å². The molecule has 3 rings (SSSR count). The lowest BCUT2D eigenvalue weighted by Crippen LogP contribution is -2.45. The zero-order valence-electron chi connectivity index (χ0n) is 10.7. The van der Waals surface area contributed by atoms with Crippen LogP contribution in [0.1, 0.15) is 31.2 Å². The van der Waals surface area contributed by atoms with Gasteiger partial charge in [-0.3, -0.25) is 0 Å². The third kappa shape index (κ3) is 2.71. The number of hydrogen-bond acceptors (Lipinski definition) is 3. The van der Waals surface area contributed by atoms with Gasteiger partial charge in [0.2, 0.25) is 0 Å². The van der Waals surface area contributed by atoms with Crippen LogP contribution in [0.4, 0.5) is 0 Å². The van der Waals surface area contributed by atoms with Crippen molar-refractivity contribution >= 4 is 33.0 Å². The lowest BCUT2D eigenvalue weighted by Gasteiger charge is -2.40. The van der Waals surface area contributed by atoms with E-state index in [2.05, 4.69) is 0 Å². The fourth-order valence-electron chi connectivity index (χ4n) is 3.27. The third-order valence-electron chi connectivity index (χ3n) is 4.19. The molecule has 0 N–H and O–H groups in total. The van der Waals surface area contributed by atoms with Crippen LogP contribution >= 0.6 is 22.9 Å². The number of thiophene rings is 1. The summed E-state index contributed by atoms with van der Waals surface area (Å²) >= 11 is 7.04. The predicted octanol–water partition coefficient (Wildman–Crippen LogP) is 3.30. The molecular weight excluding hydrogens is 302 g/mol. The normalized spacial score (nSPS) is 28.5. The Bertz CT molecular complexity index is 543. The van der Waals surface area contributed by atoms with Crippen LogP contribution in [0.5, 0.6) is 0 Å². The molecule has 1 saturated heterocycles. The summed E-state index contributed by atoms with van der Waals surface area (Å²) in [5, 5.41) is 1.84. The first-order chi connectivity index (χ1) is 9.09. The highest BCUT2D eigenvalue weighted by molar-refractivity contribution is 7.91. The molecule has 1 aliphatic heterocycles. The van der Waals surface area contributed by atoms with Crippen molar-refractivity contribution in [3.05, 3.63) is 17.0 Å². The first-order valence-corrected chi connectivity index (χ1v) is 9.58. The molecule has 1 aromatic heterocycles. The van der Waals surface area contributed by atoms with Crippen molar-refractivity contribution in [3.8, 4) is 0 Å². The Hall–Kier alpha value is -0.100. The molecule has 0 amide bonds. The second-order valence-corrected chi connectivity index (χ2v) is 8.97. The molecule has 0 spiro atoms. The highest BCUT2D eigenvalue weighted by Gasteiger charge is 2.37. The molecule has 1 aromatic rings. The predicted molar refractivity (Wildman–Crippen MR) is 78.1 cm³/mol. The molecule has 0 aromatic carbocycles. The number of fused-ring (bicyclic) bond motifs is 2. The van der Waals surface area contributed by atoms with Crippen LogP contribution in [-0.2, 0) is 15.9 Å². The largest absolute Gasteiger partial charge is 0.252 e. The van der Waals surface area contributed by atoms with Crippen molar-refractivity contribution < 1.29 is 8.42 Å². The molecule has 0 radical (unpaired) electrons. The van der Waals surface area contributed by atoms with Crippen LogP contribution in [0.15, 0.2) is 15.7 Å². The topological polar surface area (TPSA) is 37.4 Å². The average Bonchev–Trinajstić information content (AvgIpc) is 2.87. The fourth-order valence-corrected chi connectivity index (χ4v) is 6.47. The minimum absolute atomic E-state index is 0.372. The second kappa shape index (κ2) is 5.35. The molecule has 2 aliphatic rings. The van der Waals surface area contributed by atoms with Crippen molar-refractivity contribution in [1.82, 2.24) is 4.31 Å². The summed E-state index contributed by atoms with van der Waals surface area (Å²) in [5.74, 6) is 1.50. The van der Waals surface area contributed by atoms with Gasteiger partial charge in [0.1, 0.15) is 4.21 Å². The number of halogens is 1. The van der Waals surface area contributed by atoms with E-state index in [9.17, 15) is 8.42 Å². The molecule has 6 heteroatoms. The fraction of sp³-hybridized carbons (Fsp3) is 0.692. The Kier molecular flexibility index (Phi) is 3.91. The molecule has 2 fully saturated rings. The minimum Gasteiger partial charge on any atom is -0.206 e. The van der Waals surface area contributed by atoms with E-state index < -0.39 is 10.0 Å². The van der Waals surface area contributed by atoms with Gasteiger partial charge in [0.25, 0.3) is 10.0 Å². The van der Waals surface area contributed by atoms with Gasteiger partial charge in [-0.25, -0.2) is 8.42 Å². The molecule has 1 aliphatic carbocycles. The van der Waals surface area contributed by atoms with Crippen molar-refractivity contribution in [2.45, 2.75) is 35.8 Å². The Balaban J connectivity index is 1.83. The molecule has 2 atom stereocenters. The number of alkyl halides is 1. The number of rotatable bonds is 3. The quantitative estimate of drug-likeness (QED) is 0.802. The molecule has 2 bridgehead atoms. The lowest BCUT2D eigenvalue weighted by molar-refractivity contribution is 0.144. The number of sulfonamides is 1. The molecule has 2 heterocycles. The van der Waals surface area contributed by atoms with E-state index >= 15 is 0 Å². The summed E-state index contributed by atoms with van der Waals surface area (Å²) in [6.45, 7) is 1.40. The average molecular weight is 320 g/mol. The molecular formula is C13H18ClNO2S2. The maximum atomic E-state index is 12.6. The molecule has 19 heavy (non-hydrogen) atoms. The van der Waals surface area contributed by atoms with Gasteiger partial charge in [-0.15, -0.1) is 22.9 Å². The Morgan fingerprint density at radius 1 is 1.32 bits per heavy atom. The van der Waals surface area contributed by atoms with Gasteiger partial charge in [0, 0.05) is 19.0 Å². The van der Waals surface area contributed by atoms with Crippen molar-refractivity contribution in [1.29, 1.82) is 0 Å². The Morgan fingerprint density at radius 3 is 2.58 bits per heavy atom. The monoisotopic (exact) mass is 319 g/mol. The van der Waals surface area contributed by atoms with Gasteiger partial charge >= 0.3 is 0 Å². The number of piperidine rings is 1. The molecule has 3 nitrogen and oxygen atoms in total. The van der Waals surface area contributed by atoms with Crippen LogP contribution in [0, 0.1) is 11.8 Å². The van der Waals surface area contributed by atoms with E-state index in [1.165, 1.54) is 37.0 Å². The van der Waals surface area contributed by atoms with Crippen molar-refractivity contribution in [2.24, 2.45) is 11.8 Å². The zero-order valence-corrected chi connectivity index (χ0v) is 13.1. The maximum absolute atomic E-state index is 12.6. The number of nitrogens with zero attached hydrogens (tertiary/aromatic N) is 1. The van der Waals surface area contributed by atoms with Gasteiger partial charge in [-0.05, 0) is 48.1 Å². The molecule has 106 valence electrons. The highest BCUT2D eigenvalue weighted by atomic mass is 35.5. The van der Waals surface area contributed by atoms with E-state index in [0.29, 0.717) is 35.0 Å². The van der Waals surface area contributed by atoms with Crippen molar-refractivity contribution in [3.63, 3.8) is 0 Å². The van der Waals surface area contributed by atoms with E-state index in [-0.39, 0.29) is 0 Å². The van der Waals surface area contributed by atoms with E-state index in [1.807, 2.05) is 5.38 Å². The Labute approximate surface area is 123 Å². The first-order valence-electron chi connectivity index (χ1n) is 6.73. The summed E-state index contributed by atoms with van der Waals surface area (Å²) in [5.41, 5.74) is 0.891. The van der Waals surface area contributed by atoms with Gasteiger partial charge in [0.05, 0.1) is 0 Å². The second-order valence-electron chi connectivity index (χ2n) is 5.63.